The first-order chi connectivity index (χ1) is 17.6. The number of pyridine rings is 2. The number of para-hydroxylation sites is 1. The summed E-state index contributed by atoms with van der Waals surface area (Å²) in [6, 6.07) is 20.2. The third-order valence-electron chi connectivity index (χ3n) is 6.81. The number of fused-ring (bicyclic) bond motifs is 2. The maximum atomic E-state index is 12.6. The summed E-state index contributed by atoms with van der Waals surface area (Å²) >= 11 is 0. The van der Waals surface area contributed by atoms with Gasteiger partial charge in [0.15, 0.2) is 0 Å². The molecule has 0 aliphatic carbocycles. The Balaban J connectivity index is 1.29. The summed E-state index contributed by atoms with van der Waals surface area (Å²) in [6.07, 6.45) is 4.45. The molecule has 2 aliphatic rings. The molecule has 6 rings (SSSR count). The number of aromatic nitrogens is 2. The van der Waals surface area contributed by atoms with Crippen LogP contribution in [-0.2, 0) is 17.7 Å². The number of nitrogens with one attached hydrogen (secondary N) is 1. The number of anilines is 2. The van der Waals surface area contributed by atoms with Crippen molar-refractivity contribution in [2.45, 2.75) is 13.0 Å². The van der Waals surface area contributed by atoms with Crippen molar-refractivity contribution in [3.63, 3.8) is 0 Å². The predicted molar refractivity (Wildman–Crippen MR) is 141 cm³/mol. The van der Waals surface area contributed by atoms with E-state index in [-0.39, 0.29) is 5.56 Å². The molecule has 1 N–H and O–H groups in total. The number of morpholine rings is 1. The Morgan fingerprint density at radius 1 is 1.03 bits per heavy atom. The molecule has 2 aliphatic heterocycles. The quantitative estimate of drug-likeness (QED) is 0.396. The van der Waals surface area contributed by atoms with Gasteiger partial charge in [-0.25, -0.2) is 0 Å². The van der Waals surface area contributed by atoms with Crippen molar-refractivity contribution >= 4 is 11.4 Å². The van der Waals surface area contributed by atoms with E-state index in [1.54, 1.807) is 12.3 Å². The zero-order valence-electron chi connectivity index (χ0n) is 20.2. The van der Waals surface area contributed by atoms with Crippen LogP contribution in [0.1, 0.15) is 16.7 Å². The van der Waals surface area contributed by atoms with Gasteiger partial charge in [0.1, 0.15) is 11.5 Å². The van der Waals surface area contributed by atoms with E-state index in [0.717, 1.165) is 76.9 Å². The highest BCUT2D eigenvalue weighted by Gasteiger charge is 2.23. The molecule has 36 heavy (non-hydrogen) atoms. The lowest BCUT2D eigenvalue weighted by Crippen LogP contribution is -2.36. The maximum absolute atomic E-state index is 12.6. The van der Waals surface area contributed by atoms with Crippen molar-refractivity contribution in [2.24, 2.45) is 0 Å². The Hall–Kier alpha value is -4.10. The van der Waals surface area contributed by atoms with E-state index >= 15 is 0 Å². The highest BCUT2D eigenvalue weighted by Crippen LogP contribution is 2.43. The third kappa shape index (κ3) is 4.45. The molecule has 0 unspecified atom stereocenters. The van der Waals surface area contributed by atoms with Crippen LogP contribution in [0.25, 0.3) is 11.3 Å². The number of benzene rings is 2. The van der Waals surface area contributed by atoms with Crippen molar-refractivity contribution in [1.82, 2.24) is 9.97 Å². The van der Waals surface area contributed by atoms with Gasteiger partial charge in [-0.3, -0.25) is 9.78 Å². The fourth-order valence-electron chi connectivity index (χ4n) is 4.95. The number of hydrogen-bond acceptors (Lipinski definition) is 6. The standard InChI is InChI=1S/C29H28N4O3/c1-32(19-20-4-3-9-30-18-20)23-7-8-27-22(15-23)14-21-5-2-6-25(29(21)36-27)26-16-24(17-28(34)31-26)33-10-12-35-13-11-33/h2-9,15-18H,10-14,19H2,1H3,(H,31,34). The molecule has 0 saturated carbocycles. The molecular formula is C29H28N4O3. The van der Waals surface area contributed by atoms with Crippen molar-refractivity contribution in [3.05, 3.63) is 100 Å². The second kappa shape index (κ2) is 9.51. The number of hydrogen-bond donors (Lipinski definition) is 1. The SMILES string of the molecule is CN(Cc1cccnc1)c1ccc2c(c1)Cc1cccc(-c3cc(N4CCOCC4)cc(=O)[nH]3)c1O2. The Labute approximate surface area is 209 Å². The molecule has 7 nitrogen and oxygen atoms in total. The van der Waals surface area contributed by atoms with Crippen LogP contribution in [0.15, 0.2) is 77.9 Å². The molecule has 2 aromatic carbocycles. The fourth-order valence-corrected chi connectivity index (χ4v) is 4.95. The van der Waals surface area contributed by atoms with E-state index in [4.69, 9.17) is 9.47 Å². The molecule has 2 aromatic heterocycles. The second-order valence-corrected chi connectivity index (χ2v) is 9.30. The number of H-pyrrole nitrogens is 1. The minimum atomic E-state index is -0.121. The van der Waals surface area contributed by atoms with Gasteiger partial charge >= 0.3 is 0 Å². The van der Waals surface area contributed by atoms with Crippen molar-refractivity contribution < 1.29 is 9.47 Å². The van der Waals surface area contributed by atoms with Gasteiger partial charge in [0.25, 0.3) is 0 Å². The topological polar surface area (TPSA) is 70.7 Å². The van der Waals surface area contributed by atoms with Crippen LogP contribution >= 0.6 is 0 Å². The summed E-state index contributed by atoms with van der Waals surface area (Å²) in [6.45, 7) is 3.67. The average molecular weight is 481 g/mol. The zero-order chi connectivity index (χ0) is 24.5. The normalized spacial score (nSPS) is 14.5. The fraction of sp³-hybridized carbons (Fsp3) is 0.241. The number of rotatable bonds is 5. The summed E-state index contributed by atoms with van der Waals surface area (Å²) in [5.74, 6) is 1.65. The monoisotopic (exact) mass is 480 g/mol. The zero-order valence-corrected chi connectivity index (χ0v) is 20.2. The molecule has 0 amide bonds. The van der Waals surface area contributed by atoms with Gasteiger partial charge in [-0.05, 0) is 47.5 Å². The van der Waals surface area contributed by atoms with E-state index in [0.29, 0.717) is 13.2 Å². The van der Waals surface area contributed by atoms with Gasteiger partial charge in [-0.15, -0.1) is 0 Å². The van der Waals surface area contributed by atoms with Crippen molar-refractivity contribution in [2.75, 3.05) is 43.2 Å². The molecule has 0 atom stereocenters. The van der Waals surface area contributed by atoms with Crippen LogP contribution in [0, 0.1) is 0 Å². The molecular weight excluding hydrogens is 452 g/mol. The van der Waals surface area contributed by atoms with E-state index in [1.807, 2.05) is 36.5 Å². The Morgan fingerprint density at radius 2 is 1.92 bits per heavy atom. The Morgan fingerprint density at radius 3 is 2.75 bits per heavy atom. The molecule has 0 spiro atoms. The minimum Gasteiger partial charge on any atom is -0.456 e. The second-order valence-electron chi connectivity index (χ2n) is 9.30. The smallest absolute Gasteiger partial charge is 0.250 e. The van der Waals surface area contributed by atoms with Crippen molar-refractivity contribution in [3.8, 4) is 22.8 Å². The van der Waals surface area contributed by atoms with Gasteiger partial charge in [0.2, 0.25) is 5.56 Å². The van der Waals surface area contributed by atoms with Gasteiger partial charge < -0.3 is 24.3 Å². The summed E-state index contributed by atoms with van der Waals surface area (Å²) in [4.78, 5) is 24.2. The Kier molecular flexibility index (Phi) is 5.91. The third-order valence-corrected chi connectivity index (χ3v) is 6.81. The highest BCUT2D eigenvalue weighted by molar-refractivity contribution is 5.74. The molecule has 0 radical (unpaired) electrons. The predicted octanol–water partition coefficient (Wildman–Crippen LogP) is 4.61. The number of aromatic amines is 1. The average Bonchev–Trinajstić information content (AvgIpc) is 2.92. The first-order valence-electron chi connectivity index (χ1n) is 12.2. The van der Waals surface area contributed by atoms with Crippen LogP contribution in [-0.4, -0.2) is 43.3 Å². The Bertz CT molecular complexity index is 1440. The largest absolute Gasteiger partial charge is 0.456 e. The lowest BCUT2D eigenvalue weighted by Gasteiger charge is -2.29. The van der Waals surface area contributed by atoms with Crippen LogP contribution in [0.2, 0.25) is 0 Å². The molecule has 1 saturated heterocycles. The molecule has 4 aromatic rings. The molecule has 182 valence electrons. The maximum Gasteiger partial charge on any atom is 0.250 e. The van der Waals surface area contributed by atoms with E-state index in [9.17, 15) is 4.79 Å². The summed E-state index contributed by atoms with van der Waals surface area (Å²) in [7, 11) is 2.09. The van der Waals surface area contributed by atoms with Crippen LogP contribution in [0.3, 0.4) is 0 Å². The minimum absolute atomic E-state index is 0.121. The van der Waals surface area contributed by atoms with Gasteiger partial charge in [0, 0.05) is 74.1 Å². The first-order valence-corrected chi connectivity index (χ1v) is 12.2. The lowest BCUT2D eigenvalue weighted by atomic mass is 9.96. The summed E-state index contributed by atoms with van der Waals surface area (Å²) < 4.78 is 11.9. The number of ether oxygens (including phenoxy) is 2. The van der Waals surface area contributed by atoms with Crippen LogP contribution < -0.4 is 20.1 Å². The first kappa shape index (κ1) is 22.4. The molecule has 0 bridgehead atoms. The summed E-state index contributed by atoms with van der Waals surface area (Å²) in [5.41, 5.74) is 6.98. The molecule has 4 heterocycles. The highest BCUT2D eigenvalue weighted by atomic mass is 16.5. The van der Waals surface area contributed by atoms with Gasteiger partial charge in [0.05, 0.1) is 18.9 Å². The van der Waals surface area contributed by atoms with E-state index in [2.05, 4.69) is 51.1 Å². The van der Waals surface area contributed by atoms with E-state index in [1.165, 1.54) is 0 Å². The molecule has 7 heteroatoms. The molecule has 1 fully saturated rings. The van der Waals surface area contributed by atoms with Gasteiger partial charge in [-0.2, -0.15) is 0 Å². The van der Waals surface area contributed by atoms with Crippen LogP contribution in [0.4, 0.5) is 11.4 Å². The van der Waals surface area contributed by atoms with Crippen molar-refractivity contribution in [1.29, 1.82) is 0 Å². The van der Waals surface area contributed by atoms with Crippen LogP contribution in [0.5, 0.6) is 11.5 Å². The van der Waals surface area contributed by atoms with Gasteiger partial charge in [-0.1, -0.05) is 18.2 Å². The summed E-state index contributed by atoms with van der Waals surface area (Å²) in [5, 5.41) is 0. The number of nitrogens with zero attached hydrogens (tertiary/aromatic N) is 3. The lowest BCUT2D eigenvalue weighted by molar-refractivity contribution is 0.122. The van der Waals surface area contributed by atoms with E-state index < -0.39 is 0 Å².